The summed E-state index contributed by atoms with van der Waals surface area (Å²) in [6, 6.07) is 10.5. The van der Waals surface area contributed by atoms with E-state index in [1.165, 1.54) is 4.88 Å². The zero-order valence-corrected chi connectivity index (χ0v) is 19.4. The molecule has 2 aromatic rings. The van der Waals surface area contributed by atoms with Gasteiger partial charge in [0, 0.05) is 28.4 Å². The third kappa shape index (κ3) is 3.89. The van der Waals surface area contributed by atoms with Crippen LogP contribution in [0.5, 0.6) is 0 Å². The van der Waals surface area contributed by atoms with Crippen LogP contribution < -0.4 is 10.6 Å². The molecule has 0 saturated heterocycles. The minimum Gasteiger partial charge on any atom is -0.392 e. The van der Waals surface area contributed by atoms with E-state index in [4.69, 9.17) is 4.98 Å². The second-order valence-corrected chi connectivity index (χ2v) is 11.3. The zero-order valence-electron chi connectivity index (χ0n) is 18.6. The van der Waals surface area contributed by atoms with Crippen LogP contribution in [0.25, 0.3) is 0 Å². The average molecular weight is 440 g/mol. The molecule has 1 aromatic carbocycles. The Hall–Kier alpha value is -1.92. The van der Waals surface area contributed by atoms with Crippen molar-refractivity contribution >= 4 is 28.1 Å². The van der Waals surface area contributed by atoms with Crippen molar-refractivity contribution in [2.45, 2.75) is 70.9 Å². The fraction of sp³-hybridized carbons (Fsp3) is 0.600. The van der Waals surface area contributed by atoms with E-state index >= 15 is 0 Å². The van der Waals surface area contributed by atoms with Gasteiger partial charge in [-0.3, -0.25) is 4.79 Å². The first kappa shape index (κ1) is 21.0. The van der Waals surface area contributed by atoms with Gasteiger partial charge in [0.05, 0.1) is 11.8 Å². The van der Waals surface area contributed by atoms with E-state index < -0.39 is 6.10 Å². The lowest BCUT2D eigenvalue weighted by atomic mass is 9.53. The van der Waals surface area contributed by atoms with Crippen LogP contribution in [-0.4, -0.2) is 28.1 Å². The minimum absolute atomic E-state index is 0.0152. The van der Waals surface area contributed by atoms with Crippen LogP contribution in [0.3, 0.4) is 0 Å². The number of hydrogen-bond donors (Lipinski definition) is 3. The normalized spacial score (nSPS) is 33.2. The number of rotatable bonds is 5. The largest absolute Gasteiger partial charge is 0.392 e. The van der Waals surface area contributed by atoms with Crippen LogP contribution in [0, 0.1) is 23.2 Å². The zero-order chi connectivity index (χ0) is 21.8. The summed E-state index contributed by atoms with van der Waals surface area (Å²) in [5.41, 5.74) is 2.21. The monoisotopic (exact) mass is 439 g/mol. The molecule has 2 fully saturated rings. The molecule has 5 nitrogen and oxygen atoms in total. The number of hydrogen-bond acceptors (Lipinski definition) is 5. The second kappa shape index (κ2) is 7.89. The van der Waals surface area contributed by atoms with Crippen molar-refractivity contribution < 1.29 is 9.90 Å². The number of nitrogens with one attached hydrogen (secondary N) is 2. The van der Waals surface area contributed by atoms with E-state index in [9.17, 15) is 9.90 Å². The number of anilines is 2. The highest BCUT2D eigenvalue weighted by Gasteiger charge is 2.54. The van der Waals surface area contributed by atoms with Gasteiger partial charge in [-0.15, -0.1) is 11.3 Å². The SMILES string of the molecule is C[C@H](C(=O)NC1CC1)[C@H]1CC[C@@]2(C)Cc3sc(Nc4ccccc4)nc3[C@@H](C)[C@@H]2[C@H]1O. The quantitative estimate of drug-likeness (QED) is 0.622. The number of aliphatic hydroxyl groups excluding tert-OH is 1. The number of amides is 1. The second-order valence-electron chi connectivity index (χ2n) is 10.2. The standard InChI is InChI=1S/C25H33N3O2S/c1-14(23(30)26-17-9-10-17)18-11-12-25(3)13-19-21(15(2)20(25)22(18)29)28-24(31-19)27-16-7-5-4-6-8-16/h4-8,14-15,17-18,20,22,29H,9-13H2,1-3H3,(H,26,30)(H,27,28)/t14-,15-,18+,20+,22-,25-/m0/s1. The van der Waals surface area contributed by atoms with Gasteiger partial charge in [-0.2, -0.15) is 0 Å². The van der Waals surface area contributed by atoms with Crippen LogP contribution in [0.2, 0.25) is 0 Å². The number of thiazole rings is 1. The van der Waals surface area contributed by atoms with E-state index in [1.54, 1.807) is 11.3 Å². The first-order chi connectivity index (χ1) is 14.9. The number of benzene rings is 1. The molecule has 5 rings (SSSR count). The van der Waals surface area contributed by atoms with Gasteiger partial charge < -0.3 is 15.7 Å². The van der Waals surface area contributed by atoms with Gasteiger partial charge in [0.25, 0.3) is 0 Å². The minimum atomic E-state index is -0.478. The lowest BCUT2D eigenvalue weighted by molar-refractivity contribution is -0.134. The van der Waals surface area contributed by atoms with Crippen molar-refractivity contribution in [3.63, 3.8) is 0 Å². The highest BCUT2D eigenvalue weighted by Crippen LogP contribution is 2.57. The molecule has 1 amide bonds. The fourth-order valence-electron chi connectivity index (χ4n) is 6.00. The molecule has 3 aliphatic carbocycles. The first-order valence-electron chi connectivity index (χ1n) is 11.7. The Bertz CT molecular complexity index is 957. The number of para-hydroxylation sites is 1. The summed E-state index contributed by atoms with van der Waals surface area (Å²) in [6.45, 7) is 6.54. The molecule has 0 aliphatic heterocycles. The molecule has 3 N–H and O–H groups in total. The molecular formula is C25H33N3O2S. The van der Waals surface area contributed by atoms with E-state index in [-0.39, 0.29) is 35.0 Å². The molecule has 0 bridgehead atoms. The van der Waals surface area contributed by atoms with Gasteiger partial charge >= 0.3 is 0 Å². The summed E-state index contributed by atoms with van der Waals surface area (Å²) >= 11 is 1.75. The van der Waals surface area contributed by atoms with E-state index in [1.807, 2.05) is 37.3 Å². The number of aromatic nitrogens is 1. The maximum atomic E-state index is 12.7. The van der Waals surface area contributed by atoms with Gasteiger partial charge in [0.15, 0.2) is 5.13 Å². The number of carbonyl (C=O) groups is 1. The summed E-state index contributed by atoms with van der Waals surface area (Å²) in [6.07, 6.45) is 4.62. The summed E-state index contributed by atoms with van der Waals surface area (Å²) in [7, 11) is 0. The molecule has 3 aliphatic rings. The average Bonchev–Trinajstić information content (AvgIpc) is 3.46. The predicted molar refractivity (Wildman–Crippen MR) is 125 cm³/mol. The molecule has 0 radical (unpaired) electrons. The van der Waals surface area contributed by atoms with Crippen molar-refractivity contribution in [1.82, 2.24) is 10.3 Å². The molecule has 6 heteroatoms. The lowest BCUT2D eigenvalue weighted by Gasteiger charge is -2.53. The summed E-state index contributed by atoms with van der Waals surface area (Å²) in [5.74, 6) is 0.276. The number of fused-ring (bicyclic) bond motifs is 2. The highest BCUT2D eigenvalue weighted by molar-refractivity contribution is 7.15. The van der Waals surface area contributed by atoms with Crippen molar-refractivity contribution in [2.75, 3.05) is 5.32 Å². The first-order valence-corrected chi connectivity index (χ1v) is 12.5. The third-order valence-corrected chi connectivity index (χ3v) is 8.91. The Morgan fingerprint density at radius 3 is 2.71 bits per heavy atom. The molecule has 166 valence electrons. The molecule has 1 heterocycles. The highest BCUT2D eigenvalue weighted by atomic mass is 32.1. The molecule has 1 aromatic heterocycles. The van der Waals surface area contributed by atoms with Crippen LogP contribution >= 0.6 is 11.3 Å². The molecule has 0 unspecified atom stereocenters. The maximum absolute atomic E-state index is 12.7. The van der Waals surface area contributed by atoms with E-state index in [0.29, 0.717) is 6.04 Å². The van der Waals surface area contributed by atoms with Gasteiger partial charge in [0.2, 0.25) is 5.91 Å². The fourth-order valence-corrected chi connectivity index (χ4v) is 7.28. The van der Waals surface area contributed by atoms with Gasteiger partial charge in [-0.1, -0.05) is 39.0 Å². The Kier molecular flexibility index (Phi) is 5.33. The third-order valence-electron chi connectivity index (χ3n) is 7.93. The van der Waals surface area contributed by atoms with Crippen LogP contribution in [0.15, 0.2) is 30.3 Å². The predicted octanol–water partition coefficient (Wildman–Crippen LogP) is 4.85. The number of nitrogens with zero attached hydrogens (tertiary/aromatic N) is 1. The van der Waals surface area contributed by atoms with Gasteiger partial charge in [-0.25, -0.2) is 4.98 Å². The van der Waals surface area contributed by atoms with Crippen LogP contribution in [-0.2, 0) is 11.2 Å². The Labute approximate surface area is 188 Å². The van der Waals surface area contributed by atoms with E-state index in [2.05, 4.69) is 24.5 Å². The van der Waals surface area contributed by atoms with Crippen molar-refractivity contribution in [2.24, 2.45) is 23.2 Å². The van der Waals surface area contributed by atoms with Gasteiger partial charge in [-0.05, 0) is 61.5 Å². The van der Waals surface area contributed by atoms with Crippen molar-refractivity contribution in [3.8, 4) is 0 Å². The van der Waals surface area contributed by atoms with Gasteiger partial charge in [0.1, 0.15) is 0 Å². The lowest BCUT2D eigenvalue weighted by Crippen LogP contribution is -2.53. The van der Waals surface area contributed by atoms with E-state index in [0.717, 1.165) is 48.6 Å². The topological polar surface area (TPSA) is 74.2 Å². The van der Waals surface area contributed by atoms with Crippen molar-refractivity contribution in [1.29, 1.82) is 0 Å². The maximum Gasteiger partial charge on any atom is 0.223 e. The summed E-state index contributed by atoms with van der Waals surface area (Å²) in [5, 5.41) is 19.0. The molecule has 31 heavy (non-hydrogen) atoms. The van der Waals surface area contributed by atoms with Crippen LogP contribution in [0.1, 0.15) is 62.9 Å². The summed E-state index contributed by atoms with van der Waals surface area (Å²) in [4.78, 5) is 19.0. The molecular weight excluding hydrogens is 406 g/mol. The number of carbonyl (C=O) groups excluding carboxylic acids is 1. The Morgan fingerprint density at radius 1 is 1.26 bits per heavy atom. The van der Waals surface area contributed by atoms with Crippen LogP contribution in [0.4, 0.5) is 10.8 Å². The smallest absolute Gasteiger partial charge is 0.223 e. The molecule has 2 saturated carbocycles. The molecule has 0 spiro atoms. The molecule has 6 atom stereocenters. The van der Waals surface area contributed by atoms with Crippen molar-refractivity contribution in [3.05, 3.63) is 40.9 Å². The number of aliphatic hydroxyl groups is 1. The Morgan fingerprint density at radius 2 is 2.00 bits per heavy atom. The Balaban J connectivity index is 1.37. The summed E-state index contributed by atoms with van der Waals surface area (Å²) < 4.78 is 0.